The molecule has 1 atom stereocenters. The first-order valence-electron chi connectivity index (χ1n) is 8.20. The number of aryl methyl sites for hydroxylation is 1. The largest absolute Gasteiger partial charge is 0.361 e. The summed E-state index contributed by atoms with van der Waals surface area (Å²) >= 11 is 6.77. The molecule has 1 aromatic rings. The Bertz CT molecular complexity index is 556. The van der Waals surface area contributed by atoms with E-state index in [1.54, 1.807) is 11.3 Å². The summed E-state index contributed by atoms with van der Waals surface area (Å²) in [6.07, 6.45) is 4.43. The number of hydrogen-bond donors (Lipinski definition) is 4. The molecule has 0 fully saturated rings. The van der Waals surface area contributed by atoms with E-state index in [2.05, 4.69) is 37.2 Å². The van der Waals surface area contributed by atoms with Crippen LogP contribution in [0.15, 0.2) is 6.07 Å². The van der Waals surface area contributed by atoms with E-state index in [1.165, 1.54) is 21.8 Å². The van der Waals surface area contributed by atoms with E-state index in [0.29, 0.717) is 11.0 Å². The Morgan fingerprint density at radius 3 is 2.96 bits per heavy atom. The van der Waals surface area contributed by atoms with Crippen LogP contribution < -0.4 is 21.1 Å². The van der Waals surface area contributed by atoms with Crippen LogP contribution in [-0.4, -0.2) is 38.2 Å². The van der Waals surface area contributed by atoms with Crippen LogP contribution in [0.5, 0.6) is 0 Å². The van der Waals surface area contributed by atoms with Gasteiger partial charge in [0, 0.05) is 17.8 Å². The highest BCUT2D eigenvalue weighted by atomic mass is 32.1. The lowest BCUT2D eigenvalue weighted by Crippen LogP contribution is -3.05. The molecule has 0 saturated carbocycles. The highest BCUT2D eigenvalue weighted by Crippen LogP contribution is 2.31. The maximum atomic E-state index is 12.2. The quantitative estimate of drug-likeness (QED) is 0.353. The molecule has 1 aliphatic carbocycles. The summed E-state index contributed by atoms with van der Waals surface area (Å²) in [4.78, 5) is 15.7. The summed E-state index contributed by atoms with van der Waals surface area (Å²) in [6.45, 7) is 4.16. The summed E-state index contributed by atoms with van der Waals surface area (Å²) < 4.78 is 0. The number of quaternary nitrogens is 1. The van der Waals surface area contributed by atoms with Gasteiger partial charge in [0.1, 0.15) is 0 Å². The molecular formula is C16H27N4OS2+. The van der Waals surface area contributed by atoms with Crippen molar-refractivity contribution in [3.63, 3.8) is 0 Å². The SMILES string of the molecule is C[C@H]1CCc2sc(C(=O)NNC(=S)NCCC[NH+](C)C)cc2C1. The number of nitrogens with one attached hydrogen (secondary N) is 4. The normalized spacial score (nSPS) is 16.8. The minimum atomic E-state index is -0.112. The van der Waals surface area contributed by atoms with Gasteiger partial charge in [-0.3, -0.25) is 15.6 Å². The van der Waals surface area contributed by atoms with Crippen LogP contribution in [0.2, 0.25) is 0 Å². The highest BCUT2D eigenvalue weighted by molar-refractivity contribution is 7.80. The Balaban J connectivity index is 1.73. The van der Waals surface area contributed by atoms with Gasteiger partial charge in [0.15, 0.2) is 5.11 Å². The van der Waals surface area contributed by atoms with E-state index in [1.807, 2.05) is 6.07 Å². The number of hydrogen-bond acceptors (Lipinski definition) is 3. The lowest BCUT2D eigenvalue weighted by Gasteiger charge is -2.16. The van der Waals surface area contributed by atoms with Gasteiger partial charge < -0.3 is 10.2 Å². The van der Waals surface area contributed by atoms with Crippen molar-refractivity contribution in [1.82, 2.24) is 16.2 Å². The van der Waals surface area contributed by atoms with E-state index in [-0.39, 0.29) is 5.91 Å². The molecule has 1 amide bonds. The molecule has 0 bridgehead atoms. The number of hydrazine groups is 1. The van der Waals surface area contributed by atoms with Crippen LogP contribution >= 0.6 is 23.6 Å². The molecule has 1 heterocycles. The monoisotopic (exact) mass is 355 g/mol. The van der Waals surface area contributed by atoms with Gasteiger partial charge in [0.25, 0.3) is 5.91 Å². The first-order chi connectivity index (χ1) is 11.0. The fraction of sp³-hybridized carbons (Fsp3) is 0.625. The van der Waals surface area contributed by atoms with Crippen molar-refractivity contribution in [2.75, 3.05) is 27.2 Å². The molecule has 5 nitrogen and oxygen atoms in total. The molecule has 0 aliphatic heterocycles. The molecule has 7 heteroatoms. The molecule has 128 valence electrons. The smallest absolute Gasteiger partial charge is 0.279 e. The van der Waals surface area contributed by atoms with E-state index >= 15 is 0 Å². The van der Waals surface area contributed by atoms with E-state index < -0.39 is 0 Å². The second-order valence-electron chi connectivity index (χ2n) is 6.55. The molecule has 0 aromatic carbocycles. The molecule has 2 rings (SSSR count). The first-order valence-corrected chi connectivity index (χ1v) is 9.43. The number of amides is 1. The summed E-state index contributed by atoms with van der Waals surface area (Å²) in [5, 5.41) is 3.56. The number of carbonyl (C=O) groups excluding carboxylic acids is 1. The zero-order chi connectivity index (χ0) is 16.8. The van der Waals surface area contributed by atoms with Crippen LogP contribution in [0, 0.1) is 5.92 Å². The third-order valence-corrected chi connectivity index (χ3v) is 5.46. The fourth-order valence-corrected chi connectivity index (χ4v) is 3.94. The van der Waals surface area contributed by atoms with Crippen molar-refractivity contribution in [1.29, 1.82) is 0 Å². The Kier molecular flexibility index (Phi) is 6.80. The van der Waals surface area contributed by atoms with E-state index in [9.17, 15) is 4.79 Å². The Hall–Kier alpha value is -1.18. The maximum absolute atomic E-state index is 12.2. The van der Waals surface area contributed by atoms with Crippen molar-refractivity contribution >= 4 is 34.6 Å². The predicted octanol–water partition coefficient (Wildman–Crippen LogP) is 0.516. The van der Waals surface area contributed by atoms with Crippen molar-refractivity contribution in [3.8, 4) is 0 Å². The second kappa shape index (κ2) is 8.61. The average Bonchev–Trinajstić information content (AvgIpc) is 2.92. The number of thiocarbonyl (C=S) groups is 1. The van der Waals surface area contributed by atoms with Gasteiger partial charge in [-0.15, -0.1) is 11.3 Å². The van der Waals surface area contributed by atoms with Crippen molar-refractivity contribution in [2.45, 2.75) is 32.6 Å². The first kappa shape index (κ1) is 18.2. The number of fused-ring (bicyclic) bond motifs is 1. The van der Waals surface area contributed by atoms with E-state index in [4.69, 9.17) is 12.2 Å². The molecule has 4 N–H and O–H groups in total. The molecule has 0 saturated heterocycles. The Morgan fingerprint density at radius 2 is 2.22 bits per heavy atom. The molecular weight excluding hydrogens is 328 g/mol. The Morgan fingerprint density at radius 1 is 1.43 bits per heavy atom. The summed E-state index contributed by atoms with van der Waals surface area (Å²) in [6, 6.07) is 2.03. The van der Waals surface area contributed by atoms with Crippen molar-refractivity contribution in [3.05, 3.63) is 21.4 Å². The van der Waals surface area contributed by atoms with Crippen LogP contribution in [0.3, 0.4) is 0 Å². The van der Waals surface area contributed by atoms with Gasteiger partial charge in [0.2, 0.25) is 0 Å². The van der Waals surface area contributed by atoms with E-state index in [0.717, 1.165) is 37.2 Å². The number of rotatable bonds is 5. The lowest BCUT2D eigenvalue weighted by atomic mass is 9.90. The van der Waals surface area contributed by atoms with Gasteiger partial charge in [0.05, 0.1) is 25.5 Å². The van der Waals surface area contributed by atoms with Crippen LogP contribution in [0.25, 0.3) is 0 Å². The zero-order valence-electron chi connectivity index (χ0n) is 14.1. The molecule has 23 heavy (non-hydrogen) atoms. The minimum Gasteiger partial charge on any atom is -0.361 e. The number of carbonyl (C=O) groups is 1. The molecule has 0 radical (unpaired) electrons. The van der Waals surface area contributed by atoms with Gasteiger partial charge in [-0.2, -0.15) is 0 Å². The Labute approximate surface area is 147 Å². The topological polar surface area (TPSA) is 57.6 Å². The second-order valence-corrected chi connectivity index (χ2v) is 8.10. The molecule has 1 aromatic heterocycles. The van der Waals surface area contributed by atoms with Gasteiger partial charge in [-0.05, 0) is 49.0 Å². The number of thiophene rings is 1. The third-order valence-electron chi connectivity index (χ3n) is 3.98. The minimum absolute atomic E-state index is 0.112. The van der Waals surface area contributed by atoms with Crippen molar-refractivity contribution < 1.29 is 9.69 Å². The standard InChI is InChI=1S/C16H26N4OS2/c1-11-5-6-13-12(9-11)10-14(23-13)15(21)18-19-16(22)17-7-4-8-20(2)3/h10-11H,4-9H2,1-3H3,(H,18,21)(H2,17,19,22)/p+1/t11-/m0/s1. The molecule has 0 spiro atoms. The van der Waals surface area contributed by atoms with Crippen LogP contribution in [-0.2, 0) is 12.8 Å². The maximum Gasteiger partial charge on any atom is 0.279 e. The summed E-state index contributed by atoms with van der Waals surface area (Å²) in [5.41, 5.74) is 6.80. The van der Waals surface area contributed by atoms with Crippen LogP contribution in [0.4, 0.5) is 0 Å². The average molecular weight is 356 g/mol. The zero-order valence-corrected chi connectivity index (χ0v) is 15.8. The molecule has 0 unspecified atom stereocenters. The summed E-state index contributed by atoms with van der Waals surface area (Å²) in [5.74, 6) is 0.603. The third kappa shape index (κ3) is 5.75. The van der Waals surface area contributed by atoms with Crippen LogP contribution in [0.1, 0.15) is 39.9 Å². The highest BCUT2D eigenvalue weighted by Gasteiger charge is 2.20. The van der Waals surface area contributed by atoms with Gasteiger partial charge in [-0.25, -0.2) is 0 Å². The molecule has 1 aliphatic rings. The fourth-order valence-electron chi connectivity index (χ4n) is 2.68. The van der Waals surface area contributed by atoms with Gasteiger partial charge >= 0.3 is 0 Å². The lowest BCUT2D eigenvalue weighted by molar-refractivity contribution is -0.858. The van der Waals surface area contributed by atoms with Crippen molar-refractivity contribution in [2.24, 2.45) is 5.92 Å². The van der Waals surface area contributed by atoms with Gasteiger partial charge in [-0.1, -0.05) is 6.92 Å². The predicted molar refractivity (Wildman–Crippen MR) is 99.0 cm³/mol. The summed E-state index contributed by atoms with van der Waals surface area (Å²) in [7, 11) is 4.25.